The quantitative estimate of drug-likeness (QED) is 0.626. The van der Waals surface area contributed by atoms with Crippen LogP contribution < -0.4 is 5.32 Å². The molecule has 0 saturated carbocycles. The summed E-state index contributed by atoms with van der Waals surface area (Å²) in [5, 5.41) is 14.9. The molecule has 0 aliphatic carbocycles. The highest BCUT2D eigenvalue weighted by atomic mass is 32.3. The second-order valence-electron chi connectivity index (χ2n) is 5.56. The van der Waals surface area contributed by atoms with Crippen LogP contribution in [0.2, 0.25) is 0 Å². The van der Waals surface area contributed by atoms with Crippen LogP contribution in [0, 0.1) is 0 Å². The van der Waals surface area contributed by atoms with E-state index in [1.54, 1.807) is 6.08 Å². The number of nitrogens with zero attached hydrogens (tertiary/aromatic N) is 6. The molecule has 27 heavy (non-hydrogen) atoms. The lowest BCUT2D eigenvalue weighted by atomic mass is 10.2. The highest BCUT2D eigenvalue weighted by Gasteiger charge is 2.43. The molecule has 1 fully saturated rings. The summed E-state index contributed by atoms with van der Waals surface area (Å²) in [4.78, 5) is 25.6. The van der Waals surface area contributed by atoms with E-state index < -0.39 is 28.4 Å². The summed E-state index contributed by atoms with van der Waals surface area (Å²) in [7, 11) is -4.83. The van der Waals surface area contributed by atoms with Gasteiger partial charge < -0.3 is 4.90 Å². The van der Waals surface area contributed by atoms with Crippen LogP contribution in [0.5, 0.6) is 0 Å². The topological polar surface area (TPSA) is 160 Å². The number of fused-ring (bicyclic) bond motifs is 2. The Balaban J connectivity index is 1.53. The Labute approximate surface area is 155 Å². The first-order valence-electron chi connectivity index (χ1n) is 7.39. The summed E-state index contributed by atoms with van der Waals surface area (Å²) in [6.45, 7) is 0.323. The van der Waals surface area contributed by atoms with Crippen molar-refractivity contribution in [3.63, 3.8) is 0 Å². The fraction of sp³-hybridized carbons (Fsp3) is 0.250. The molecule has 2 bridgehead atoms. The van der Waals surface area contributed by atoms with Crippen LogP contribution >= 0.6 is 11.3 Å². The first-order valence-corrected chi connectivity index (χ1v) is 9.64. The fourth-order valence-electron chi connectivity index (χ4n) is 2.71. The monoisotopic (exact) mass is 413 g/mol. The zero-order valence-corrected chi connectivity index (χ0v) is 14.9. The van der Waals surface area contributed by atoms with Gasteiger partial charge in [-0.25, -0.2) is 9.48 Å². The zero-order valence-electron chi connectivity index (χ0n) is 13.3. The van der Waals surface area contributed by atoms with Crippen molar-refractivity contribution in [3.05, 3.63) is 29.5 Å². The molecule has 13 nitrogen and oxygen atoms in total. The van der Waals surface area contributed by atoms with Crippen molar-refractivity contribution in [3.8, 4) is 0 Å². The molecule has 4 rings (SSSR count). The molecule has 2 aliphatic heterocycles. The van der Waals surface area contributed by atoms with Crippen LogP contribution in [0.1, 0.15) is 10.5 Å². The molecule has 2 aromatic rings. The molecule has 4 heterocycles. The van der Waals surface area contributed by atoms with Gasteiger partial charge in [-0.1, -0.05) is 11.3 Å². The number of hydrogen-bond acceptors (Lipinski definition) is 9. The molecule has 1 unspecified atom stereocenters. The number of carbonyl (C=O) groups is 2. The molecule has 142 valence electrons. The maximum absolute atomic E-state index is 12.2. The average Bonchev–Trinajstić information content (AvgIpc) is 3.32. The number of amides is 3. The van der Waals surface area contributed by atoms with Gasteiger partial charge in [-0.15, -0.1) is 14.5 Å². The van der Waals surface area contributed by atoms with Crippen LogP contribution in [0.25, 0.3) is 5.70 Å². The lowest BCUT2D eigenvalue weighted by Gasteiger charge is -2.20. The second kappa shape index (κ2) is 6.38. The van der Waals surface area contributed by atoms with Gasteiger partial charge in [0.1, 0.15) is 11.6 Å². The Kier molecular flexibility index (Phi) is 4.14. The Morgan fingerprint density at radius 1 is 1.44 bits per heavy atom. The highest BCUT2D eigenvalue weighted by molar-refractivity contribution is 7.80. The molecule has 3 amide bonds. The van der Waals surface area contributed by atoms with Crippen molar-refractivity contribution in [1.29, 1.82) is 0 Å². The third-order valence-corrected chi connectivity index (χ3v) is 4.73. The Hall–Kier alpha value is -2.88. The van der Waals surface area contributed by atoms with Crippen molar-refractivity contribution in [2.75, 3.05) is 18.4 Å². The molecular formula is C12H11N7O6S2. The number of nitrogens with one attached hydrogen (secondary N) is 1. The second-order valence-corrected chi connectivity index (χ2v) is 7.40. The Morgan fingerprint density at radius 2 is 2.26 bits per heavy atom. The normalized spacial score (nSPS) is 19.4. The van der Waals surface area contributed by atoms with Crippen LogP contribution in [-0.2, 0) is 14.7 Å². The van der Waals surface area contributed by atoms with Crippen molar-refractivity contribution < 1.29 is 26.8 Å². The SMILES string of the molecule is O=C(Nc1nncs1)c1ccn(C2=CC3CN(C2)C(=O)N3OS(=O)(=O)O)n1. The van der Waals surface area contributed by atoms with Gasteiger partial charge in [-0.05, 0) is 12.1 Å². The van der Waals surface area contributed by atoms with Gasteiger partial charge in [0.2, 0.25) is 5.13 Å². The van der Waals surface area contributed by atoms with Crippen molar-refractivity contribution in [2.24, 2.45) is 0 Å². The predicted molar refractivity (Wildman–Crippen MR) is 89.6 cm³/mol. The number of urea groups is 1. The Bertz CT molecular complexity index is 1030. The summed E-state index contributed by atoms with van der Waals surface area (Å²) in [5.74, 6) is -0.474. The third-order valence-electron chi connectivity index (χ3n) is 3.78. The number of rotatable bonds is 5. The largest absolute Gasteiger partial charge is 0.418 e. The zero-order chi connectivity index (χ0) is 19.2. The molecule has 0 aromatic carbocycles. The minimum absolute atomic E-state index is 0.122. The van der Waals surface area contributed by atoms with Gasteiger partial charge in [0.15, 0.2) is 5.69 Å². The minimum atomic E-state index is -4.83. The van der Waals surface area contributed by atoms with E-state index in [4.69, 9.17) is 4.55 Å². The lowest BCUT2D eigenvalue weighted by Crippen LogP contribution is -2.35. The standard InChI is InChI=1S/C12H11N7O6S2/c20-10(14-11-15-13-6-26-11)9-1-2-18(16-9)7-3-8-5-17(4-7)12(21)19(8)25-27(22,23)24/h1-3,6,8H,4-5H2,(H,14,15,20)(H,22,23,24). The summed E-state index contributed by atoms with van der Waals surface area (Å²) in [6.07, 6.45) is 3.11. The number of carbonyl (C=O) groups excluding carboxylic acids is 2. The van der Waals surface area contributed by atoms with E-state index in [1.165, 1.54) is 27.4 Å². The van der Waals surface area contributed by atoms with E-state index in [2.05, 4.69) is 24.9 Å². The van der Waals surface area contributed by atoms with Crippen molar-refractivity contribution >= 4 is 44.5 Å². The van der Waals surface area contributed by atoms with Gasteiger partial charge in [0.25, 0.3) is 5.91 Å². The van der Waals surface area contributed by atoms with Gasteiger partial charge in [-0.2, -0.15) is 18.6 Å². The molecule has 2 aliphatic rings. The van der Waals surface area contributed by atoms with Crippen LogP contribution in [0.4, 0.5) is 9.93 Å². The maximum Gasteiger partial charge on any atom is 0.418 e. The molecule has 0 radical (unpaired) electrons. The summed E-state index contributed by atoms with van der Waals surface area (Å²) < 4.78 is 36.4. The lowest BCUT2D eigenvalue weighted by molar-refractivity contribution is -0.0183. The van der Waals surface area contributed by atoms with Gasteiger partial charge in [0.05, 0.1) is 12.2 Å². The number of anilines is 1. The van der Waals surface area contributed by atoms with E-state index in [0.29, 0.717) is 15.9 Å². The Morgan fingerprint density at radius 3 is 2.96 bits per heavy atom. The van der Waals surface area contributed by atoms with E-state index >= 15 is 0 Å². The van der Waals surface area contributed by atoms with E-state index in [1.807, 2.05) is 0 Å². The van der Waals surface area contributed by atoms with Crippen LogP contribution in [0.15, 0.2) is 23.8 Å². The van der Waals surface area contributed by atoms with E-state index in [9.17, 15) is 18.0 Å². The first-order chi connectivity index (χ1) is 12.8. The molecule has 15 heteroatoms. The number of aromatic nitrogens is 4. The smallest absolute Gasteiger partial charge is 0.314 e. The molecule has 2 aromatic heterocycles. The molecule has 0 spiro atoms. The van der Waals surface area contributed by atoms with E-state index in [-0.39, 0.29) is 18.8 Å². The summed E-state index contributed by atoms with van der Waals surface area (Å²) in [5.41, 5.74) is 2.13. The van der Waals surface area contributed by atoms with Crippen molar-refractivity contribution in [2.45, 2.75) is 6.04 Å². The number of hydrogen-bond donors (Lipinski definition) is 2. The fourth-order valence-corrected chi connectivity index (χ4v) is 3.53. The molecule has 2 N–H and O–H groups in total. The third kappa shape index (κ3) is 3.52. The number of hydroxylamine groups is 2. The maximum atomic E-state index is 12.2. The van der Waals surface area contributed by atoms with Crippen LogP contribution in [-0.4, -0.2) is 74.0 Å². The first kappa shape index (κ1) is 17.5. The summed E-state index contributed by atoms with van der Waals surface area (Å²) in [6, 6.07) is 0.0495. The minimum Gasteiger partial charge on any atom is -0.314 e. The molecule has 1 atom stereocenters. The highest BCUT2D eigenvalue weighted by Crippen LogP contribution is 2.27. The average molecular weight is 413 g/mol. The summed E-state index contributed by atoms with van der Waals surface area (Å²) >= 11 is 1.16. The van der Waals surface area contributed by atoms with Crippen molar-refractivity contribution in [1.82, 2.24) is 29.9 Å². The van der Waals surface area contributed by atoms with Gasteiger partial charge in [-0.3, -0.25) is 14.7 Å². The van der Waals surface area contributed by atoms with E-state index in [0.717, 1.165) is 11.3 Å². The van der Waals surface area contributed by atoms with Gasteiger partial charge in [0, 0.05) is 12.7 Å². The van der Waals surface area contributed by atoms with Gasteiger partial charge >= 0.3 is 16.4 Å². The van der Waals surface area contributed by atoms with Crippen LogP contribution in [0.3, 0.4) is 0 Å². The molecular weight excluding hydrogens is 402 g/mol. The predicted octanol–water partition coefficient (Wildman–Crippen LogP) is -0.318. The molecule has 1 saturated heterocycles.